The van der Waals surface area contributed by atoms with E-state index in [0.29, 0.717) is 36.9 Å². The lowest BCUT2D eigenvalue weighted by atomic mass is 9.73. The van der Waals surface area contributed by atoms with Crippen LogP contribution in [-0.4, -0.2) is 173 Å². The van der Waals surface area contributed by atoms with Gasteiger partial charge in [-0.15, -0.1) is 0 Å². The predicted octanol–water partition coefficient (Wildman–Crippen LogP) is 9.38. The number of benzene rings is 2. The summed E-state index contributed by atoms with van der Waals surface area (Å²) in [6.45, 7) is 19.1. The Hall–Kier alpha value is -6.13. The average molecular weight is 1180 g/mol. The van der Waals surface area contributed by atoms with Crippen molar-refractivity contribution in [2.24, 2.45) is 23.7 Å². The van der Waals surface area contributed by atoms with Crippen LogP contribution in [0.15, 0.2) is 97.7 Å². The molecule has 85 heavy (non-hydrogen) atoms. The minimum absolute atomic E-state index is 0.0468. The van der Waals surface area contributed by atoms with Gasteiger partial charge in [0.1, 0.15) is 17.5 Å². The molecule has 8 rings (SSSR count). The zero-order valence-electron chi connectivity index (χ0n) is 51.9. The van der Waals surface area contributed by atoms with Crippen molar-refractivity contribution < 1.29 is 71.3 Å². The first-order valence-corrected chi connectivity index (χ1v) is 30.0. The third-order valence-corrected chi connectivity index (χ3v) is 18.2. The van der Waals surface area contributed by atoms with Gasteiger partial charge in [0, 0.05) is 75.6 Å². The number of likely N-dealkylation sites (N-methyl/N-ethyl adjacent to an activating group) is 1. The van der Waals surface area contributed by atoms with Gasteiger partial charge in [-0.25, -0.2) is 19.4 Å². The third kappa shape index (κ3) is 14.3. The highest BCUT2D eigenvalue weighted by Crippen LogP contribution is 2.45. The van der Waals surface area contributed by atoms with Crippen molar-refractivity contribution in [3.05, 3.63) is 109 Å². The molecule has 0 saturated carbocycles. The number of hydrogen-bond acceptors (Lipinski definition) is 18. The Kier molecular flexibility index (Phi) is 21.1. The number of fused-ring (bicyclic) bond motifs is 1. The number of ether oxygens (including phenoxy) is 10. The van der Waals surface area contributed by atoms with Crippen molar-refractivity contribution in [2.75, 3.05) is 34.9 Å². The summed E-state index contributed by atoms with van der Waals surface area (Å²) in [7, 11) is 6.89. The van der Waals surface area contributed by atoms with E-state index in [2.05, 4.69) is 9.97 Å². The van der Waals surface area contributed by atoms with E-state index in [1.165, 1.54) is 7.11 Å². The van der Waals surface area contributed by atoms with Crippen LogP contribution in [0, 0.1) is 23.7 Å². The number of Topliss-reactive ketones (excluding diaryl/α,β-unsaturated/α-hetero) is 1. The maximum atomic E-state index is 15.5. The molecule has 0 spiro atoms. The number of rotatable bonds is 18. The van der Waals surface area contributed by atoms with E-state index in [4.69, 9.17) is 47.4 Å². The molecule has 0 N–H and O–H groups in total. The number of ketones is 1. The molecular weight excluding hydrogens is 1090 g/mol. The number of aryl methyl sites for hydroxylation is 1. The van der Waals surface area contributed by atoms with Crippen molar-refractivity contribution in [1.82, 2.24) is 24.3 Å². The molecule has 4 fully saturated rings. The number of nitrogens with zero attached hydrogens (tertiary/aromatic N) is 5. The number of cyclic esters (lactones) is 1. The molecule has 20 heteroatoms. The van der Waals surface area contributed by atoms with Crippen molar-refractivity contribution in [3.8, 4) is 11.3 Å². The van der Waals surface area contributed by atoms with Crippen LogP contribution in [0.4, 0.5) is 4.79 Å². The molecular formula is C65H89N5O15. The summed E-state index contributed by atoms with van der Waals surface area (Å²) in [6.07, 6.45) is 0.114. The van der Waals surface area contributed by atoms with Gasteiger partial charge in [-0.3, -0.25) is 14.6 Å². The number of hydrogen-bond donors (Lipinski definition) is 0. The Bertz CT molecular complexity index is 2880. The van der Waals surface area contributed by atoms with Gasteiger partial charge < -0.3 is 61.7 Å². The number of carbonyl (C=O) groups excluding carboxylic acids is 5. The molecule has 2 aromatic heterocycles. The average Bonchev–Trinajstić information content (AvgIpc) is 2.05. The van der Waals surface area contributed by atoms with Crippen LogP contribution >= 0.6 is 0 Å². The van der Waals surface area contributed by atoms with Crippen LogP contribution in [0.5, 0.6) is 0 Å². The molecule has 4 saturated heterocycles. The van der Waals surface area contributed by atoms with E-state index in [1.807, 2.05) is 102 Å². The highest BCUT2D eigenvalue weighted by molar-refractivity contribution is 5.90. The lowest BCUT2D eigenvalue weighted by Gasteiger charge is -2.50. The Morgan fingerprint density at radius 2 is 1.39 bits per heavy atom. The summed E-state index contributed by atoms with van der Waals surface area (Å²) >= 11 is 0. The summed E-state index contributed by atoms with van der Waals surface area (Å²) in [6, 6.07) is 19.9. The van der Waals surface area contributed by atoms with E-state index in [9.17, 15) is 14.4 Å². The fraction of sp³-hybridized carbons (Fsp3) is 0.615. The van der Waals surface area contributed by atoms with Crippen LogP contribution in [0.25, 0.3) is 11.3 Å². The smallest absolute Gasteiger partial charge is 0.410 e. The Morgan fingerprint density at radius 1 is 0.753 bits per heavy atom. The third-order valence-electron chi connectivity index (χ3n) is 18.2. The molecule has 4 aromatic rings. The van der Waals surface area contributed by atoms with E-state index in [-0.39, 0.29) is 43.7 Å². The summed E-state index contributed by atoms with van der Waals surface area (Å²) in [5.41, 5.74) is -1.63. The zero-order valence-corrected chi connectivity index (χ0v) is 51.9. The second-order valence-electron chi connectivity index (χ2n) is 24.6. The van der Waals surface area contributed by atoms with Gasteiger partial charge in [-0.2, -0.15) is 0 Å². The highest BCUT2D eigenvalue weighted by Gasteiger charge is 2.61. The van der Waals surface area contributed by atoms with Gasteiger partial charge in [-0.05, 0) is 124 Å². The van der Waals surface area contributed by atoms with Gasteiger partial charge in [0.2, 0.25) is 0 Å². The summed E-state index contributed by atoms with van der Waals surface area (Å²) < 4.78 is 68.4. The van der Waals surface area contributed by atoms with E-state index in [0.717, 1.165) is 11.3 Å². The predicted molar refractivity (Wildman–Crippen MR) is 314 cm³/mol. The number of methoxy groups -OCH3 is 2. The first kappa shape index (κ1) is 64.9. The first-order chi connectivity index (χ1) is 40.4. The van der Waals surface area contributed by atoms with Crippen LogP contribution in [0.2, 0.25) is 0 Å². The monoisotopic (exact) mass is 1180 g/mol. The minimum atomic E-state index is -1.49. The van der Waals surface area contributed by atoms with Crippen molar-refractivity contribution in [1.29, 1.82) is 0 Å². The molecule has 1 amide bonds. The first-order valence-electron chi connectivity index (χ1n) is 30.0. The van der Waals surface area contributed by atoms with E-state index in [1.54, 1.807) is 100 Å². The maximum Gasteiger partial charge on any atom is 0.410 e. The lowest BCUT2D eigenvalue weighted by molar-refractivity contribution is -0.318. The van der Waals surface area contributed by atoms with Gasteiger partial charge in [0.05, 0.1) is 71.2 Å². The molecule has 464 valence electrons. The van der Waals surface area contributed by atoms with Gasteiger partial charge >= 0.3 is 24.0 Å². The molecule has 4 aliphatic heterocycles. The summed E-state index contributed by atoms with van der Waals surface area (Å²) in [4.78, 5) is 85.4. The number of imidazole rings is 1. The number of carbonyl (C=O) groups is 5. The Morgan fingerprint density at radius 3 is 2.00 bits per heavy atom. The molecule has 0 bridgehead atoms. The molecule has 2 aromatic carbocycles. The fourth-order valence-corrected chi connectivity index (χ4v) is 13.4. The molecule has 0 aliphatic carbocycles. The van der Waals surface area contributed by atoms with E-state index < -0.39 is 120 Å². The topological polar surface area (TPSA) is 215 Å². The molecule has 1 unspecified atom stereocenters. The molecule has 4 aliphatic rings. The SMILES string of the molecule is CC[C@H]1OC(=O)[C@H](C)[C@@H](O[C@H]2C[C@@](C)(OC)[C@@H](OC(=O)c3ccccc3)[C@H](C)O2)[C@H](C)[C@@H](O[C@@H]2O[C@H](C)C[C@H](N(C)C)[C@H]2OC(=O)c2ccccc2)[C@](C)(OC)C[C@@H](C)C(=O)[C@H](C)C2N(CCCCn3cnc(-c4cccnc4)c3)C(=O)O[C@@]21C. The maximum absolute atomic E-state index is 15.5. The van der Waals surface area contributed by atoms with Crippen molar-refractivity contribution >= 4 is 29.8 Å². The van der Waals surface area contributed by atoms with Crippen molar-refractivity contribution in [3.63, 3.8) is 0 Å². The standard InChI is InChI=1S/C65H89N5O15/c1-15-50-65(10)55(70(62(75)85-65)32-23-22-31-69-37-48(67-38-69)47-29-24-30-66-36-47)41(4)52(71)39(2)34-63(8,76-13)56(84-61-54(49(68(11)12)33-40(3)78-61)82-59(73)45-25-18-16-19-26-45)42(5)53(43(6)58(72)80-50)81-51-35-64(9,77-14)57(44(7)79-51)83-60(74)46-27-20-17-21-28-46/h16-21,24-30,36-44,49-51,53-57,61H,15,22-23,31-35H2,1-14H3/t39-,40-,41+,42+,43-,44+,49+,50-,51+,53+,54-,55?,56-,57+,61+,63-,64-,65-/m1/s1. The number of unbranched alkanes of at least 4 members (excludes halogenated alkanes) is 1. The fourth-order valence-electron chi connectivity index (χ4n) is 13.4. The highest BCUT2D eigenvalue weighted by atomic mass is 16.7. The zero-order chi connectivity index (χ0) is 61.5. The van der Waals surface area contributed by atoms with Gasteiger partial charge in [0.15, 0.2) is 30.4 Å². The van der Waals surface area contributed by atoms with Gasteiger partial charge in [-0.1, -0.05) is 64.1 Å². The minimum Gasteiger partial charge on any atom is -0.458 e. The molecule has 20 nitrogen and oxygen atoms in total. The van der Waals surface area contributed by atoms with Crippen molar-refractivity contribution in [2.45, 2.75) is 199 Å². The quantitative estimate of drug-likeness (QED) is 0.0515. The second-order valence-corrected chi connectivity index (χ2v) is 24.6. The van der Waals surface area contributed by atoms with E-state index >= 15 is 9.59 Å². The Balaban J connectivity index is 1.16. The Labute approximate surface area is 500 Å². The molecule has 0 radical (unpaired) electrons. The molecule has 6 heterocycles. The number of amides is 1. The number of pyridine rings is 1. The molecule has 18 atom stereocenters. The summed E-state index contributed by atoms with van der Waals surface area (Å²) in [5, 5.41) is 0. The normalized spacial score (nSPS) is 34.9. The van der Waals surface area contributed by atoms with Gasteiger partial charge in [0.25, 0.3) is 0 Å². The largest absolute Gasteiger partial charge is 0.458 e. The van der Waals surface area contributed by atoms with Crippen LogP contribution in [0.1, 0.15) is 128 Å². The van der Waals surface area contributed by atoms with Crippen LogP contribution in [-0.2, 0) is 63.5 Å². The van der Waals surface area contributed by atoms with Crippen LogP contribution in [0.3, 0.4) is 0 Å². The summed E-state index contributed by atoms with van der Waals surface area (Å²) in [5.74, 6) is -5.47. The van der Waals surface area contributed by atoms with Crippen LogP contribution < -0.4 is 0 Å². The number of esters is 3. The lowest BCUT2D eigenvalue weighted by Crippen LogP contribution is -2.62. The number of aromatic nitrogens is 3. The second kappa shape index (κ2) is 27.7.